The molecule has 0 aromatic heterocycles. The standard InChI is InChI=1S/C18H26FN3OS/c1-13-9-21(18(23)17-11-24-12-20-17)10-14(2)22(13)8-7-15-3-5-16(19)6-4-15/h3-6,13-14,17,20H,7-12H2,1-2H3. The molecule has 132 valence electrons. The Kier molecular flexibility index (Phi) is 5.79. The number of nitrogens with zero attached hydrogens (tertiary/aromatic N) is 2. The molecular formula is C18H26FN3OS. The molecule has 0 spiro atoms. The maximum atomic E-state index is 13.0. The molecule has 0 saturated carbocycles. The lowest BCUT2D eigenvalue weighted by atomic mass is 10.0. The van der Waals surface area contributed by atoms with Gasteiger partial charge >= 0.3 is 0 Å². The topological polar surface area (TPSA) is 35.6 Å². The Morgan fingerprint density at radius 1 is 1.25 bits per heavy atom. The molecule has 3 unspecified atom stereocenters. The average molecular weight is 351 g/mol. The number of halogens is 1. The third-order valence-electron chi connectivity index (χ3n) is 5.00. The maximum Gasteiger partial charge on any atom is 0.240 e. The molecule has 0 bridgehead atoms. The zero-order valence-electron chi connectivity index (χ0n) is 14.4. The number of thioether (sulfide) groups is 1. The van der Waals surface area contributed by atoms with Crippen LogP contribution in [0.1, 0.15) is 19.4 Å². The number of piperazine rings is 1. The lowest BCUT2D eigenvalue weighted by Gasteiger charge is -2.45. The normalized spacial score (nSPS) is 28.3. The minimum Gasteiger partial charge on any atom is -0.338 e. The number of amides is 1. The Bertz CT molecular complexity index is 550. The molecule has 0 aliphatic carbocycles. The summed E-state index contributed by atoms with van der Waals surface area (Å²) >= 11 is 1.79. The first-order valence-electron chi connectivity index (χ1n) is 8.64. The molecule has 1 aromatic carbocycles. The second-order valence-electron chi connectivity index (χ2n) is 6.83. The lowest BCUT2D eigenvalue weighted by Crippen LogP contribution is -2.60. The van der Waals surface area contributed by atoms with Gasteiger partial charge in [0.15, 0.2) is 0 Å². The van der Waals surface area contributed by atoms with E-state index in [1.807, 2.05) is 17.0 Å². The predicted octanol–water partition coefficient (Wildman–Crippen LogP) is 1.95. The predicted molar refractivity (Wildman–Crippen MR) is 96.6 cm³/mol. The number of rotatable bonds is 4. The largest absolute Gasteiger partial charge is 0.338 e. The third-order valence-corrected chi connectivity index (χ3v) is 5.94. The van der Waals surface area contributed by atoms with E-state index in [1.165, 1.54) is 12.1 Å². The number of nitrogens with one attached hydrogen (secondary N) is 1. The van der Waals surface area contributed by atoms with Crippen molar-refractivity contribution >= 4 is 17.7 Å². The van der Waals surface area contributed by atoms with Gasteiger partial charge in [-0.3, -0.25) is 15.0 Å². The third kappa shape index (κ3) is 4.10. The van der Waals surface area contributed by atoms with Crippen LogP contribution in [0.4, 0.5) is 4.39 Å². The number of hydrogen-bond acceptors (Lipinski definition) is 4. The zero-order valence-corrected chi connectivity index (χ0v) is 15.2. The fraction of sp³-hybridized carbons (Fsp3) is 0.611. The van der Waals surface area contributed by atoms with Gasteiger partial charge in [-0.2, -0.15) is 0 Å². The average Bonchev–Trinajstić information content (AvgIpc) is 3.09. The first-order valence-corrected chi connectivity index (χ1v) is 9.80. The van der Waals surface area contributed by atoms with Crippen molar-refractivity contribution in [2.75, 3.05) is 31.3 Å². The van der Waals surface area contributed by atoms with E-state index in [9.17, 15) is 9.18 Å². The first-order chi connectivity index (χ1) is 11.5. The van der Waals surface area contributed by atoms with Crippen molar-refractivity contribution in [1.29, 1.82) is 0 Å². The zero-order chi connectivity index (χ0) is 17.1. The van der Waals surface area contributed by atoms with Gasteiger partial charge in [-0.15, -0.1) is 11.8 Å². The minimum atomic E-state index is -0.189. The lowest BCUT2D eigenvalue weighted by molar-refractivity contribution is -0.137. The summed E-state index contributed by atoms with van der Waals surface area (Å²) in [4.78, 5) is 17.1. The van der Waals surface area contributed by atoms with Crippen molar-refractivity contribution in [3.8, 4) is 0 Å². The summed E-state index contributed by atoms with van der Waals surface area (Å²) in [6.07, 6.45) is 0.906. The van der Waals surface area contributed by atoms with Crippen LogP contribution < -0.4 is 5.32 Å². The van der Waals surface area contributed by atoms with Gasteiger partial charge in [-0.25, -0.2) is 4.39 Å². The summed E-state index contributed by atoms with van der Waals surface area (Å²) < 4.78 is 13.0. The molecule has 4 nitrogen and oxygen atoms in total. The van der Waals surface area contributed by atoms with E-state index in [-0.39, 0.29) is 17.8 Å². The van der Waals surface area contributed by atoms with Crippen molar-refractivity contribution in [3.63, 3.8) is 0 Å². The van der Waals surface area contributed by atoms with Gasteiger partial charge in [0, 0.05) is 43.3 Å². The van der Waals surface area contributed by atoms with Gasteiger partial charge in [-0.05, 0) is 38.0 Å². The highest BCUT2D eigenvalue weighted by molar-refractivity contribution is 7.99. The molecule has 3 rings (SSSR count). The summed E-state index contributed by atoms with van der Waals surface area (Å²) in [5, 5.41) is 3.27. The van der Waals surface area contributed by atoms with E-state index in [0.29, 0.717) is 12.1 Å². The second-order valence-corrected chi connectivity index (χ2v) is 7.86. The molecule has 6 heteroatoms. The van der Waals surface area contributed by atoms with Gasteiger partial charge in [-0.1, -0.05) is 12.1 Å². The van der Waals surface area contributed by atoms with Crippen LogP contribution in [0.5, 0.6) is 0 Å². The Hall–Kier alpha value is -1.11. The number of benzene rings is 1. The fourth-order valence-electron chi connectivity index (χ4n) is 3.66. The van der Waals surface area contributed by atoms with Crippen LogP contribution in [0.15, 0.2) is 24.3 Å². The van der Waals surface area contributed by atoms with E-state index in [4.69, 9.17) is 0 Å². The van der Waals surface area contributed by atoms with Crippen LogP contribution in [-0.2, 0) is 11.2 Å². The van der Waals surface area contributed by atoms with E-state index in [0.717, 1.165) is 43.2 Å². The molecule has 2 aliphatic rings. The van der Waals surface area contributed by atoms with E-state index < -0.39 is 0 Å². The van der Waals surface area contributed by atoms with Crippen molar-refractivity contribution in [2.24, 2.45) is 0 Å². The Labute approximate surface area is 147 Å². The molecule has 1 aromatic rings. The molecule has 1 N–H and O–H groups in total. The van der Waals surface area contributed by atoms with Crippen LogP contribution in [0.2, 0.25) is 0 Å². The SMILES string of the molecule is CC1CN(C(=O)C2CSCN2)CC(C)N1CCc1ccc(F)cc1. The summed E-state index contributed by atoms with van der Waals surface area (Å²) in [7, 11) is 0. The van der Waals surface area contributed by atoms with Crippen LogP contribution in [0.3, 0.4) is 0 Å². The molecule has 3 atom stereocenters. The van der Waals surface area contributed by atoms with E-state index in [1.54, 1.807) is 11.8 Å². The molecule has 2 fully saturated rings. The highest BCUT2D eigenvalue weighted by atomic mass is 32.2. The summed E-state index contributed by atoms with van der Waals surface area (Å²) in [6.45, 7) is 6.90. The molecule has 24 heavy (non-hydrogen) atoms. The second kappa shape index (κ2) is 7.85. The van der Waals surface area contributed by atoms with Crippen molar-refractivity contribution < 1.29 is 9.18 Å². The molecule has 0 radical (unpaired) electrons. The Balaban J connectivity index is 1.55. The number of carbonyl (C=O) groups is 1. The highest BCUT2D eigenvalue weighted by Crippen LogP contribution is 2.19. The van der Waals surface area contributed by atoms with Crippen molar-refractivity contribution in [2.45, 2.75) is 38.4 Å². The van der Waals surface area contributed by atoms with Gasteiger partial charge in [0.1, 0.15) is 5.82 Å². The maximum absolute atomic E-state index is 13.0. The number of carbonyl (C=O) groups excluding carboxylic acids is 1. The molecule has 1 amide bonds. The molecule has 2 heterocycles. The first kappa shape index (κ1) is 17.7. The van der Waals surface area contributed by atoms with E-state index >= 15 is 0 Å². The molecule has 2 saturated heterocycles. The number of hydrogen-bond donors (Lipinski definition) is 1. The summed E-state index contributed by atoms with van der Waals surface area (Å²) in [5.74, 6) is 1.81. The van der Waals surface area contributed by atoms with Crippen LogP contribution in [0.25, 0.3) is 0 Å². The van der Waals surface area contributed by atoms with Gasteiger partial charge in [0.05, 0.1) is 6.04 Å². The Morgan fingerprint density at radius 3 is 2.50 bits per heavy atom. The quantitative estimate of drug-likeness (QED) is 0.899. The fourth-order valence-corrected chi connectivity index (χ4v) is 4.59. The van der Waals surface area contributed by atoms with Crippen molar-refractivity contribution in [1.82, 2.24) is 15.1 Å². The molecule has 2 aliphatic heterocycles. The van der Waals surface area contributed by atoms with E-state index in [2.05, 4.69) is 24.1 Å². The summed E-state index contributed by atoms with van der Waals surface area (Å²) in [5.41, 5.74) is 1.15. The van der Waals surface area contributed by atoms with Gasteiger partial charge < -0.3 is 4.90 Å². The summed E-state index contributed by atoms with van der Waals surface area (Å²) in [6, 6.07) is 7.41. The minimum absolute atomic E-state index is 0.0137. The smallest absolute Gasteiger partial charge is 0.240 e. The monoisotopic (exact) mass is 351 g/mol. The highest BCUT2D eigenvalue weighted by Gasteiger charge is 2.35. The van der Waals surface area contributed by atoms with Crippen LogP contribution in [0, 0.1) is 5.82 Å². The van der Waals surface area contributed by atoms with Gasteiger partial charge in [0.2, 0.25) is 5.91 Å². The Morgan fingerprint density at radius 2 is 1.92 bits per heavy atom. The van der Waals surface area contributed by atoms with Crippen LogP contribution in [-0.4, -0.2) is 65.1 Å². The molecular weight excluding hydrogens is 325 g/mol. The van der Waals surface area contributed by atoms with Crippen LogP contribution >= 0.6 is 11.8 Å². The van der Waals surface area contributed by atoms with Crippen molar-refractivity contribution in [3.05, 3.63) is 35.6 Å². The van der Waals surface area contributed by atoms with Gasteiger partial charge in [0.25, 0.3) is 0 Å².